The summed E-state index contributed by atoms with van der Waals surface area (Å²) < 4.78 is 5.06. The standard InChI is InChI=1S/C17H29N3O3/c1-5-17(6-2,16(21)22)13-18-11-14-7-8-15(19-12-14)20(3)9-10-23-4/h7-8,12,18H,5-6,9-11,13H2,1-4H3,(H,21,22). The third-order valence-corrected chi connectivity index (χ3v) is 4.43. The van der Waals surface area contributed by atoms with E-state index in [-0.39, 0.29) is 0 Å². The summed E-state index contributed by atoms with van der Waals surface area (Å²) >= 11 is 0. The molecule has 1 aromatic rings. The van der Waals surface area contributed by atoms with Crippen molar-refractivity contribution in [3.05, 3.63) is 23.9 Å². The van der Waals surface area contributed by atoms with Gasteiger partial charge in [0, 0.05) is 40.0 Å². The van der Waals surface area contributed by atoms with E-state index in [1.165, 1.54) is 0 Å². The van der Waals surface area contributed by atoms with Gasteiger partial charge in [-0.05, 0) is 24.5 Å². The molecule has 0 saturated carbocycles. The maximum atomic E-state index is 11.5. The van der Waals surface area contributed by atoms with Gasteiger partial charge in [-0.2, -0.15) is 0 Å². The van der Waals surface area contributed by atoms with Crippen LogP contribution in [0.5, 0.6) is 0 Å². The molecule has 0 radical (unpaired) electrons. The molecule has 6 nitrogen and oxygen atoms in total. The smallest absolute Gasteiger partial charge is 0.310 e. The minimum absolute atomic E-state index is 0.463. The second-order valence-electron chi connectivity index (χ2n) is 5.84. The lowest BCUT2D eigenvalue weighted by molar-refractivity contribution is -0.149. The summed E-state index contributed by atoms with van der Waals surface area (Å²) in [6.07, 6.45) is 3.06. The van der Waals surface area contributed by atoms with Crippen LogP contribution in [0.2, 0.25) is 0 Å². The summed E-state index contributed by atoms with van der Waals surface area (Å²) in [5.41, 5.74) is 0.355. The predicted octanol–water partition coefficient (Wildman–Crippen LogP) is 2.14. The molecule has 0 aromatic carbocycles. The number of hydrogen-bond acceptors (Lipinski definition) is 5. The van der Waals surface area contributed by atoms with E-state index in [2.05, 4.69) is 10.3 Å². The van der Waals surface area contributed by atoms with E-state index in [0.717, 1.165) is 17.9 Å². The SMILES string of the molecule is CCC(CC)(CNCc1ccc(N(C)CCOC)nc1)C(=O)O. The number of rotatable bonds is 11. The van der Waals surface area contributed by atoms with Crippen molar-refractivity contribution in [1.82, 2.24) is 10.3 Å². The van der Waals surface area contributed by atoms with E-state index < -0.39 is 11.4 Å². The van der Waals surface area contributed by atoms with Gasteiger partial charge in [0.1, 0.15) is 5.82 Å². The van der Waals surface area contributed by atoms with Crippen LogP contribution >= 0.6 is 0 Å². The maximum absolute atomic E-state index is 11.5. The first kappa shape index (κ1) is 19.4. The molecule has 0 unspecified atom stereocenters. The summed E-state index contributed by atoms with van der Waals surface area (Å²) in [4.78, 5) is 17.9. The second-order valence-corrected chi connectivity index (χ2v) is 5.84. The molecule has 0 aliphatic rings. The van der Waals surface area contributed by atoms with Crippen LogP contribution in [-0.2, 0) is 16.1 Å². The zero-order valence-corrected chi connectivity index (χ0v) is 14.6. The molecule has 2 N–H and O–H groups in total. The van der Waals surface area contributed by atoms with Crippen molar-refractivity contribution in [2.75, 3.05) is 38.8 Å². The Kier molecular flexibility index (Phi) is 7.98. The van der Waals surface area contributed by atoms with Crippen molar-refractivity contribution >= 4 is 11.8 Å². The van der Waals surface area contributed by atoms with Crippen molar-refractivity contribution in [2.45, 2.75) is 33.2 Å². The molecule has 0 fully saturated rings. The molecule has 0 bridgehead atoms. The molecule has 1 rings (SSSR count). The van der Waals surface area contributed by atoms with Crippen LogP contribution in [0.15, 0.2) is 18.3 Å². The van der Waals surface area contributed by atoms with Crippen LogP contribution in [0.3, 0.4) is 0 Å². The van der Waals surface area contributed by atoms with E-state index in [0.29, 0.717) is 32.5 Å². The first-order chi connectivity index (χ1) is 11.0. The Bertz CT molecular complexity index is 472. The van der Waals surface area contributed by atoms with Gasteiger partial charge in [-0.1, -0.05) is 19.9 Å². The third kappa shape index (κ3) is 5.48. The average molecular weight is 323 g/mol. The lowest BCUT2D eigenvalue weighted by Gasteiger charge is -2.27. The Hall–Kier alpha value is -1.66. The van der Waals surface area contributed by atoms with Crippen molar-refractivity contribution in [1.29, 1.82) is 0 Å². The molecule has 130 valence electrons. The summed E-state index contributed by atoms with van der Waals surface area (Å²) in [6.45, 7) is 6.37. The van der Waals surface area contributed by atoms with Crippen LogP contribution in [0, 0.1) is 5.41 Å². The van der Waals surface area contributed by atoms with Gasteiger partial charge in [-0.25, -0.2) is 4.98 Å². The molecule has 0 atom stereocenters. The predicted molar refractivity (Wildman–Crippen MR) is 91.7 cm³/mol. The Balaban J connectivity index is 2.54. The van der Waals surface area contributed by atoms with Gasteiger partial charge in [0.05, 0.1) is 12.0 Å². The van der Waals surface area contributed by atoms with Crippen LogP contribution < -0.4 is 10.2 Å². The number of nitrogens with zero attached hydrogens (tertiary/aromatic N) is 2. The second kappa shape index (κ2) is 9.47. The monoisotopic (exact) mass is 323 g/mol. The Morgan fingerprint density at radius 3 is 2.57 bits per heavy atom. The lowest BCUT2D eigenvalue weighted by Crippen LogP contribution is -2.40. The summed E-state index contributed by atoms with van der Waals surface area (Å²) in [7, 11) is 3.66. The number of hydrogen-bond donors (Lipinski definition) is 2. The van der Waals surface area contributed by atoms with Crippen LogP contribution in [0.4, 0.5) is 5.82 Å². The van der Waals surface area contributed by atoms with Crippen LogP contribution in [0.1, 0.15) is 32.3 Å². The van der Waals surface area contributed by atoms with Gasteiger partial charge in [-0.15, -0.1) is 0 Å². The highest BCUT2D eigenvalue weighted by atomic mass is 16.5. The van der Waals surface area contributed by atoms with Crippen molar-refractivity contribution in [2.24, 2.45) is 5.41 Å². The highest BCUT2D eigenvalue weighted by Gasteiger charge is 2.34. The molecule has 1 aromatic heterocycles. The maximum Gasteiger partial charge on any atom is 0.310 e. The lowest BCUT2D eigenvalue weighted by atomic mass is 9.82. The number of aliphatic carboxylic acids is 1. The first-order valence-corrected chi connectivity index (χ1v) is 8.08. The van der Waals surface area contributed by atoms with Crippen molar-refractivity contribution < 1.29 is 14.6 Å². The molecule has 0 saturated heterocycles. The summed E-state index contributed by atoms with van der Waals surface area (Å²) in [5, 5.41) is 12.7. The highest BCUT2D eigenvalue weighted by Crippen LogP contribution is 2.25. The largest absolute Gasteiger partial charge is 0.481 e. The fourth-order valence-corrected chi connectivity index (χ4v) is 2.41. The number of methoxy groups -OCH3 is 1. The molecular formula is C17H29N3O3. The number of carbonyl (C=O) groups is 1. The Morgan fingerprint density at radius 1 is 1.39 bits per heavy atom. The fraction of sp³-hybridized carbons (Fsp3) is 0.647. The normalized spacial score (nSPS) is 11.5. The van der Waals surface area contributed by atoms with Gasteiger partial charge in [0.15, 0.2) is 0 Å². The number of anilines is 1. The number of likely N-dealkylation sites (N-methyl/N-ethyl adjacent to an activating group) is 1. The quantitative estimate of drug-likeness (QED) is 0.650. The van der Waals surface area contributed by atoms with E-state index in [9.17, 15) is 9.90 Å². The van der Waals surface area contributed by atoms with E-state index in [1.54, 1.807) is 7.11 Å². The van der Waals surface area contributed by atoms with E-state index in [1.807, 2.05) is 44.1 Å². The number of carboxylic acid groups (broad SMARTS) is 1. The zero-order valence-electron chi connectivity index (χ0n) is 14.6. The van der Waals surface area contributed by atoms with E-state index >= 15 is 0 Å². The third-order valence-electron chi connectivity index (χ3n) is 4.43. The van der Waals surface area contributed by atoms with Gasteiger partial charge in [0.2, 0.25) is 0 Å². The van der Waals surface area contributed by atoms with E-state index in [4.69, 9.17) is 4.74 Å². The minimum Gasteiger partial charge on any atom is -0.481 e. The average Bonchev–Trinajstić information content (AvgIpc) is 2.57. The first-order valence-electron chi connectivity index (χ1n) is 8.08. The fourth-order valence-electron chi connectivity index (χ4n) is 2.41. The summed E-state index contributed by atoms with van der Waals surface area (Å²) in [5.74, 6) is 0.163. The molecule has 0 amide bonds. The molecule has 6 heteroatoms. The number of pyridine rings is 1. The minimum atomic E-state index is -0.733. The number of nitrogens with one attached hydrogen (secondary N) is 1. The molecule has 1 heterocycles. The van der Waals surface area contributed by atoms with Crippen LogP contribution in [0.25, 0.3) is 0 Å². The zero-order chi connectivity index (χ0) is 17.3. The topological polar surface area (TPSA) is 74.7 Å². The van der Waals surface area contributed by atoms with Gasteiger partial charge >= 0.3 is 5.97 Å². The number of aromatic nitrogens is 1. The molecule has 0 spiro atoms. The number of carboxylic acids is 1. The molecule has 0 aliphatic heterocycles. The molecular weight excluding hydrogens is 294 g/mol. The summed E-state index contributed by atoms with van der Waals surface area (Å²) in [6, 6.07) is 3.98. The highest BCUT2D eigenvalue weighted by molar-refractivity contribution is 5.74. The van der Waals surface area contributed by atoms with Gasteiger partial charge < -0.3 is 20.1 Å². The van der Waals surface area contributed by atoms with Crippen molar-refractivity contribution in [3.8, 4) is 0 Å². The number of ether oxygens (including phenoxy) is 1. The molecule has 23 heavy (non-hydrogen) atoms. The van der Waals surface area contributed by atoms with Gasteiger partial charge in [0.25, 0.3) is 0 Å². The Morgan fingerprint density at radius 2 is 2.09 bits per heavy atom. The molecule has 0 aliphatic carbocycles. The van der Waals surface area contributed by atoms with Crippen LogP contribution in [-0.4, -0.2) is 49.9 Å². The van der Waals surface area contributed by atoms with Crippen molar-refractivity contribution in [3.63, 3.8) is 0 Å². The van der Waals surface area contributed by atoms with Gasteiger partial charge in [-0.3, -0.25) is 4.79 Å². The Labute approximate surface area is 138 Å².